The molecule has 2 aromatic rings. The van der Waals surface area contributed by atoms with E-state index in [1.54, 1.807) is 11.3 Å². The van der Waals surface area contributed by atoms with Crippen LogP contribution in [0.3, 0.4) is 0 Å². The molecular weight excluding hydrogens is 252 g/mol. The summed E-state index contributed by atoms with van der Waals surface area (Å²) >= 11 is 1.54. The van der Waals surface area contributed by atoms with Gasteiger partial charge in [0.2, 0.25) is 0 Å². The van der Waals surface area contributed by atoms with Crippen molar-refractivity contribution in [1.29, 1.82) is 0 Å². The predicted molar refractivity (Wildman–Crippen MR) is 70.9 cm³/mol. The van der Waals surface area contributed by atoms with Crippen LogP contribution in [0.4, 0.5) is 8.78 Å². The monoisotopic (exact) mass is 267 g/mol. The summed E-state index contributed by atoms with van der Waals surface area (Å²) in [4.78, 5) is 0. The normalized spacial score (nSPS) is 12.7. The summed E-state index contributed by atoms with van der Waals surface area (Å²) in [7, 11) is 0. The molecule has 0 aliphatic carbocycles. The van der Waals surface area contributed by atoms with E-state index in [1.807, 2.05) is 24.6 Å². The van der Waals surface area contributed by atoms with Crippen LogP contribution >= 0.6 is 11.3 Å². The molecule has 1 aromatic heterocycles. The van der Waals surface area contributed by atoms with Gasteiger partial charge in [-0.2, -0.15) is 11.3 Å². The Morgan fingerprint density at radius 2 is 1.89 bits per heavy atom. The minimum Gasteiger partial charge on any atom is -0.306 e. The van der Waals surface area contributed by atoms with Gasteiger partial charge in [-0.25, -0.2) is 8.78 Å². The van der Waals surface area contributed by atoms with Gasteiger partial charge in [0, 0.05) is 5.56 Å². The van der Waals surface area contributed by atoms with E-state index in [0.717, 1.165) is 11.1 Å². The zero-order chi connectivity index (χ0) is 13.1. The third kappa shape index (κ3) is 2.44. The minimum atomic E-state index is -0.508. The van der Waals surface area contributed by atoms with Gasteiger partial charge in [0.05, 0.1) is 6.04 Å². The molecule has 1 N–H and O–H groups in total. The maximum Gasteiger partial charge on any atom is 0.131 e. The number of hydrogen-bond acceptors (Lipinski definition) is 2. The van der Waals surface area contributed by atoms with Gasteiger partial charge in [-0.15, -0.1) is 0 Å². The van der Waals surface area contributed by atoms with Crippen molar-refractivity contribution in [2.45, 2.75) is 19.9 Å². The Balaban J connectivity index is 2.52. The zero-order valence-corrected chi connectivity index (χ0v) is 11.2. The SMILES string of the molecule is CCNC(c1cscc1C)c1c(F)cccc1F. The Morgan fingerprint density at radius 3 is 2.39 bits per heavy atom. The van der Waals surface area contributed by atoms with E-state index < -0.39 is 17.7 Å². The largest absolute Gasteiger partial charge is 0.306 e. The van der Waals surface area contributed by atoms with Gasteiger partial charge < -0.3 is 5.32 Å². The van der Waals surface area contributed by atoms with Crippen molar-refractivity contribution in [3.8, 4) is 0 Å². The third-order valence-electron chi connectivity index (χ3n) is 2.90. The highest BCUT2D eigenvalue weighted by Gasteiger charge is 2.22. The number of halogens is 2. The Morgan fingerprint density at radius 1 is 1.22 bits per heavy atom. The third-order valence-corrected chi connectivity index (χ3v) is 3.78. The minimum absolute atomic E-state index is 0.0980. The van der Waals surface area contributed by atoms with Crippen LogP contribution < -0.4 is 5.32 Å². The van der Waals surface area contributed by atoms with Crippen LogP contribution in [0.1, 0.15) is 29.7 Å². The molecule has 0 aliphatic rings. The smallest absolute Gasteiger partial charge is 0.131 e. The lowest BCUT2D eigenvalue weighted by molar-refractivity contribution is 0.510. The molecule has 1 unspecified atom stereocenters. The Kier molecular flexibility index (Phi) is 4.09. The molecule has 1 aromatic carbocycles. The van der Waals surface area contributed by atoms with Crippen molar-refractivity contribution in [3.05, 3.63) is 57.3 Å². The molecule has 0 spiro atoms. The van der Waals surface area contributed by atoms with Crippen molar-refractivity contribution in [2.24, 2.45) is 0 Å². The van der Waals surface area contributed by atoms with Gasteiger partial charge >= 0.3 is 0 Å². The fraction of sp³-hybridized carbons (Fsp3) is 0.286. The molecule has 18 heavy (non-hydrogen) atoms. The molecule has 0 radical (unpaired) electrons. The van der Waals surface area contributed by atoms with Crippen LogP contribution in [0.25, 0.3) is 0 Å². The van der Waals surface area contributed by atoms with E-state index in [9.17, 15) is 8.78 Å². The lowest BCUT2D eigenvalue weighted by atomic mass is 9.97. The number of thiophene rings is 1. The first kappa shape index (κ1) is 13.2. The second-order valence-corrected chi connectivity index (χ2v) is 4.88. The predicted octanol–water partition coefficient (Wildman–Crippen LogP) is 4.03. The maximum atomic E-state index is 13.9. The molecule has 0 saturated heterocycles. The summed E-state index contributed by atoms with van der Waals surface area (Å²) in [6.07, 6.45) is 0. The fourth-order valence-corrected chi connectivity index (χ4v) is 2.90. The van der Waals surface area contributed by atoms with E-state index in [-0.39, 0.29) is 5.56 Å². The second-order valence-electron chi connectivity index (χ2n) is 4.14. The Labute approximate surface area is 109 Å². The zero-order valence-electron chi connectivity index (χ0n) is 10.3. The molecule has 1 heterocycles. The average Bonchev–Trinajstić information content (AvgIpc) is 2.74. The summed E-state index contributed by atoms with van der Waals surface area (Å²) in [6, 6.07) is 3.55. The van der Waals surface area contributed by atoms with E-state index >= 15 is 0 Å². The summed E-state index contributed by atoms with van der Waals surface area (Å²) < 4.78 is 27.7. The van der Waals surface area contributed by atoms with Gasteiger partial charge in [0.15, 0.2) is 0 Å². The second kappa shape index (κ2) is 5.59. The van der Waals surface area contributed by atoms with Crippen LogP contribution in [0.2, 0.25) is 0 Å². The standard InChI is InChI=1S/C14H15F2NS/c1-3-17-14(10-8-18-7-9(10)2)13-11(15)5-4-6-12(13)16/h4-8,14,17H,3H2,1-2H3. The molecule has 0 amide bonds. The van der Waals surface area contributed by atoms with Crippen LogP contribution in [-0.4, -0.2) is 6.54 Å². The summed E-state index contributed by atoms with van der Waals surface area (Å²) in [6.45, 7) is 4.52. The molecule has 4 heteroatoms. The Hall–Kier alpha value is -1.26. The highest BCUT2D eigenvalue weighted by molar-refractivity contribution is 7.08. The van der Waals surface area contributed by atoms with E-state index in [1.165, 1.54) is 18.2 Å². The molecule has 1 nitrogen and oxygen atoms in total. The van der Waals surface area contributed by atoms with Gasteiger partial charge in [0.1, 0.15) is 11.6 Å². The summed E-state index contributed by atoms with van der Waals surface area (Å²) in [5, 5.41) is 7.07. The lowest BCUT2D eigenvalue weighted by Crippen LogP contribution is -2.24. The Bertz CT molecular complexity index is 516. The highest BCUT2D eigenvalue weighted by Crippen LogP contribution is 2.30. The summed E-state index contributed by atoms with van der Waals surface area (Å²) in [5.74, 6) is -1.02. The van der Waals surface area contributed by atoms with Gasteiger partial charge in [-0.3, -0.25) is 0 Å². The van der Waals surface area contributed by atoms with E-state index in [4.69, 9.17) is 0 Å². The van der Waals surface area contributed by atoms with E-state index in [2.05, 4.69) is 5.32 Å². The number of hydrogen-bond donors (Lipinski definition) is 1. The van der Waals surface area contributed by atoms with Crippen LogP contribution in [0.15, 0.2) is 29.0 Å². The van der Waals surface area contributed by atoms with Crippen LogP contribution in [0.5, 0.6) is 0 Å². The summed E-state index contributed by atoms with van der Waals surface area (Å²) in [5.41, 5.74) is 2.08. The van der Waals surface area contributed by atoms with Crippen molar-refractivity contribution in [3.63, 3.8) is 0 Å². The van der Waals surface area contributed by atoms with Crippen molar-refractivity contribution in [1.82, 2.24) is 5.32 Å². The first-order valence-electron chi connectivity index (χ1n) is 5.85. The number of rotatable bonds is 4. The lowest BCUT2D eigenvalue weighted by Gasteiger charge is -2.20. The number of nitrogens with one attached hydrogen (secondary N) is 1. The molecule has 0 saturated carbocycles. The van der Waals surface area contributed by atoms with Crippen LogP contribution in [0, 0.1) is 18.6 Å². The first-order valence-corrected chi connectivity index (χ1v) is 6.79. The molecule has 2 rings (SSSR count). The molecular formula is C14H15F2NS. The van der Waals surface area contributed by atoms with Gasteiger partial charge in [-0.05, 0) is 47.5 Å². The molecule has 0 fully saturated rings. The van der Waals surface area contributed by atoms with Crippen molar-refractivity contribution in [2.75, 3.05) is 6.54 Å². The van der Waals surface area contributed by atoms with Crippen molar-refractivity contribution >= 4 is 11.3 Å². The first-order chi connectivity index (χ1) is 8.65. The maximum absolute atomic E-state index is 13.9. The topological polar surface area (TPSA) is 12.0 Å². The van der Waals surface area contributed by atoms with Crippen LogP contribution in [-0.2, 0) is 0 Å². The average molecular weight is 267 g/mol. The highest BCUT2D eigenvalue weighted by atomic mass is 32.1. The molecule has 0 aliphatic heterocycles. The number of benzene rings is 1. The van der Waals surface area contributed by atoms with Gasteiger partial charge in [0.25, 0.3) is 0 Å². The molecule has 0 bridgehead atoms. The van der Waals surface area contributed by atoms with Gasteiger partial charge in [-0.1, -0.05) is 13.0 Å². The fourth-order valence-electron chi connectivity index (χ4n) is 2.02. The number of aryl methyl sites for hydroxylation is 1. The van der Waals surface area contributed by atoms with E-state index in [0.29, 0.717) is 6.54 Å². The molecule has 96 valence electrons. The molecule has 1 atom stereocenters. The quantitative estimate of drug-likeness (QED) is 0.881. The van der Waals surface area contributed by atoms with Crippen molar-refractivity contribution < 1.29 is 8.78 Å².